The van der Waals surface area contributed by atoms with E-state index in [0.717, 1.165) is 23.0 Å². The Hall–Kier alpha value is -0.580. The number of hydrogen-bond donors (Lipinski definition) is 1. The summed E-state index contributed by atoms with van der Waals surface area (Å²) in [6.45, 7) is 2.80. The largest absolute Gasteiger partial charge is 0.334 e. The molecule has 0 aromatic heterocycles. The van der Waals surface area contributed by atoms with Gasteiger partial charge in [0.2, 0.25) is 5.91 Å². The summed E-state index contributed by atoms with van der Waals surface area (Å²) in [6, 6.07) is 5.56. The molecule has 1 aliphatic heterocycles. The third-order valence-corrected chi connectivity index (χ3v) is 4.45. The molecule has 0 spiro atoms. The summed E-state index contributed by atoms with van der Waals surface area (Å²) in [6.07, 6.45) is 1.34. The highest BCUT2D eigenvalue weighted by Crippen LogP contribution is 2.35. The van der Waals surface area contributed by atoms with E-state index in [0.29, 0.717) is 11.4 Å². The second kappa shape index (κ2) is 5.59. The number of halogens is 2. The first-order valence-corrected chi connectivity index (χ1v) is 7.21. The number of carbonyl (C=O) groups is 1. The molecule has 18 heavy (non-hydrogen) atoms. The average Bonchev–Trinajstić information content (AvgIpc) is 2.59. The minimum absolute atomic E-state index is 0.0527. The molecule has 5 heteroatoms. The molecule has 2 N–H and O–H groups in total. The Morgan fingerprint density at radius 2 is 2.28 bits per heavy atom. The van der Waals surface area contributed by atoms with Gasteiger partial charge < -0.3 is 10.6 Å². The molecule has 3 nitrogen and oxygen atoms in total. The van der Waals surface area contributed by atoms with Crippen LogP contribution in [-0.2, 0) is 4.79 Å². The Bertz CT molecular complexity index is 466. The van der Waals surface area contributed by atoms with Crippen molar-refractivity contribution in [3.05, 3.63) is 33.3 Å². The van der Waals surface area contributed by atoms with E-state index in [1.807, 2.05) is 23.1 Å². The predicted octanol–water partition coefficient (Wildman–Crippen LogP) is 3.11. The standard InChI is InChI=1S/C13H16BrClN2O/c1-2-5-17-12(18)7-11(16)13(17)8-3-4-9(14)10(15)6-8/h3-4,6,11,13H,2,5,7,16H2,1H3. The van der Waals surface area contributed by atoms with Crippen LogP contribution in [0.2, 0.25) is 5.02 Å². The second-order valence-corrected chi connectivity index (χ2v) is 5.84. The average molecular weight is 332 g/mol. The van der Waals surface area contributed by atoms with Gasteiger partial charge in [-0.1, -0.05) is 24.6 Å². The molecule has 1 fully saturated rings. The highest BCUT2D eigenvalue weighted by molar-refractivity contribution is 9.10. The summed E-state index contributed by atoms with van der Waals surface area (Å²) in [7, 11) is 0. The third-order valence-electron chi connectivity index (χ3n) is 3.22. The van der Waals surface area contributed by atoms with E-state index in [4.69, 9.17) is 17.3 Å². The molecular weight excluding hydrogens is 316 g/mol. The van der Waals surface area contributed by atoms with Crippen LogP contribution < -0.4 is 5.73 Å². The fraction of sp³-hybridized carbons (Fsp3) is 0.462. The molecule has 2 unspecified atom stereocenters. The van der Waals surface area contributed by atoms with Crippen LogP contribution in [-0.4, -0.2) is 23.4 Å². The zero-order chi connectivity index (χ0) is 13.3. The minimum atomic E-state index is -0.152. The molecule has 98 valence electrons. The van der Waals surface area contributed by atoms with Gasteiger partial charge in [0.1, 0.15) is 0 Å². The molecule has 2 rings (SSSR count). The first-order chi connectivity index (χ1) is 8.54. The van der Waals surface area contributed by atoms with Gasteiger partial charge >= 0.3 is 0 Å². The van der Waals surface area contributed by atoms with E-state index in [2.05, 4.69) is 22.9 Å². The molecular formula is C13H16BrClN2O. The van der Waals surface area contributed by atoms with E-state index in [9.17, 15) is 4.79 Å². The number of hydrogen-bond acceptors (Lipinski definition) is 2. The van der Waals surface area contributed by atoms with Gasteiger partial charge in [0.25, 0.3) is 0 Å². The molecule has 1 aromatic rings. The zero-order valence-electron chi connectivity index (χ0n) is 10.2. The van der Waals surface area contributed by atoms with E-state index in [1.165, 1.54) is 0 Å². The number of benzene rings is 1. The van der Waals surface area contributed by atoms with Crippen molar-refractivity contribution < 1.29 is 4.79 Å². The van der Waals surface area contributed by atoms with Gasteiger partial charge in [0, 0.05) is 23.5 Å². The summed E-state index contributed by atoms with van der Waals surface area (Å²) < 4.78 is 0.854. The summed E-state index contributed by atoms with van der Waals surface area (Å²) in [4.78, 5) is 13.8. The number of carbonyl (C=O) groups excluding carboxylic acids is 1. The molecule has 1 saturated heterocycles. The van der Waals surface area contributed by atoms with E-state index < -0.39 is 0 Å². The van der Waals surface area contributed by atoms with Gasteiger partial charge in [-0.05, 0) is 40.0 Å². The van der Waals surface area contributed by atoms with Crippen LogP contribution in [0.5, 0.6) is 0 Å². The summed E-state index contributed by atoms with van der Waals surface area (Å²) in [5.74, 6) is 0.133. The summed E-state index contributed by atoms with van der Waals surface area (Å²) >= 11 is 9.48. The normalized spacial score (nSPS) is 23.8. The molecule has 0 bridgehead atoms. The first-order valence-electron chi connectivity index (χ1n) is 6.04. The molecule has 1 heterocycles. The molecule has 0 aliphatic carbocycles. The summed E-state index contributed by atoms with van der Waals surface area (Å²) in [5, 5.41) is 0.649. The van der Waals surface area contributed by atoms with Gasteiger partial charge in [-0.15, -0.1) is 0 Å². The smallest absolute Gasteiger partial charge is 0.224 e. The maximum absolute atomic E-state index is 11.9. The maximum atomic E-state index is 11.9. The zero-order valence-corrected chi connectivity index (χ0v) is 12.5. The molecule has 2 atom stereocenters. The molecule has 1 amide bonds. The van der Waals surface area contributed by atoms with E-state index >= 15 is 0 Å². The molecule has 1 aromatic carbocycles. The number of rotatable bonds is 3. The number of nitrogens with zero attached hydrogens (tertiary/aromatic N) is 1. The Kier molecular flexibility index (Phi) is 4.30. The topological polar surface area (TPSA) is 46.3 Å². The quantitative estimate of drug-likeness (QED) is 0.925. The van der Waals surface area contributed by atoms with Crippen molar-refractivity contribution in [2.24, 2.45) is 5.73 Å². The van der Waals surface area contributed by atoms with Crippen molar-refractivity contribution >= 4 is 33.4 Å². The van der Waals surface area contributed by atoms with Crippen LogP contribution in [0.15, 0.2) is 22.7 Å². The fourth-order valence-electron chi connectivity index (χ4n) is 2.44. The first kappa shape index (κ1) is 13.8. The highest BCUT2D eigenvalue weighted by Gasteiger charge is 2.38. The van der Waals surface area contributed by atoms with Gasteiger partial charge in [-0.3, -0.25) is 4.79 Å². The molecule has 0 radical (unpaired) electrons. The minimum Gasteiger partial charge on any atom is -0.334 e. The van der Waals surface area contributed by atoms with Crippen LogP contribution in [0.1, 0.15) is 31.4 Å². The van der Waals surface area contributed by atoms with E-state index in [-0.39, 0.29) is 18.0 Å². The maximum Gasteiger partial charge on any atom is 0.224 e. The monoisotopic (exact) mass is 330 g/mol. The van der Waals surface area contributed by atoms with Crippen LogP contribution in [0.3, 0.4) is 0 Å². The van der Waals surface area contributed by atoms with Crippen LogP contribution in [0.25, 0.3) is 0 Å². The Labute approximate surface area is 120 Å². The Morgan fingerprint density at radius 3 is 2.89 bits per heavy atom. The van der Waals surface area contributed by atoms with Crippen LogP contribution in [0, 0.1) is 0 Å². The van der Waals surface area contributed by atoms with Crippen molar-refractivity contribution in [2.75, 3.05) is 6.54 Å². The van der Waals surface area contributed by atoms with Crippen LogP contribution >= 0.6 is 27.5 Å². The van der Waals surface area contributed by atoms with Gasteiger partial charge in [-0.2, -0.15) is 0 Å². The van der Waals surface area contributed by atoms with Gasteiger partial charge in [0.05, 0.1) is 11.1 Å². The Balaban J connectivity index is 2.34. The lowest BCUT2D eigenvalue weighted by Crippen LogP contribution is -2.33. The Morgan fingerprint density at radius 1 is 1.56 bits per heavy atom. The number of likely N-dealkylation sites (tertiary alicyclic amines) is 1. The van der Waals surface area contributed by atoms with Crippen molar-refractivity contribution in [3.63, 3.8) is 0 Å². The van der Waals surface area contributed by atoms with Crippen LogP contribution in [0.4, 0.5) is 0 Å². The van der Waals surface area contributed by atoms with Gasteiger partial charge in [0.15, 0.2) is 0 Å². The highest BCUT2D eigenvalue weighted by atomic mass is 79.9. The predicted molar refractivity (Wildman–Crippen MR) is 76.5 cm³/mol. The van der Waals surface area contributed by atoms with E-state index in [1.54, 1.807) is 0 Å². The SMILES string of the molecule is CCCN1C(=O)CC(N)C1c1ccc(Br)c(Cl)c1. The lowest BCUT2D eigenvalue weighted by atomic mass is 10.0. The lowest BCUT2D eigenvalue weighted by Gasteiger charge is -2.27. The number of amides is 1. The van der Waals surface area contributed by atoms with Gasteiger partial charge in [-0.25, -0.2) is 0 Å². The van der Waals surface area contributed by atoms with Crippen molar-refractivity contribution in [3.8, 4) is 0 Å². The molecule has 0 saturated carbocycles. The van der Waals surface area contributed by atoms with Crippen molar-refractivity contribution in [1.29, 1.82) is 0 Å². The van der Waals surface area contributed by atoms with Crippen molar-refractivity contribution in [1.82, 2.24) is 4.90 Å². The second-order valence-electron chi connectivity index (χ2n) is 4.57. The van der Waals surface area contributed by atoms with Crippen molar-refractivity contribution in [2.45, 2.75) is 31.8 Å². The molecule has 1 aliphatic rings. The summed E-state index contributed by atoms with van der Waals surface area (Å²) in [5.41, 5.74) is 7.10. The third kappa shape index (κ3) is 2.56. The lowest BCUT2D eigenvalue weighted by molar-refractivity contribution is -0.129. The number of nitrogens with two attached hydrogens (primary N) is 1. The fourth-order valence-corrected chi connectivity index (χ4v) is 2.88.